The number of ether oxygens (including phenoxy) is 2. The van der Waals surface area contributed by atoms with Crippen LogP contribution in [0.5, 0.6) is 0 Å². The molecule has 0 aliphatic carbocycles. The molecule has 0 saturated carbocycles. The van der Waals surface area contributed by atoms with E-state index in [1.165, 1.54) is 135 Å². The highest BCUT2D eigenvalue weighted by molar-refractivity contribution is 5.80. The third-order valence-electron chi connectivity index (χ3n) is 11.6. The highest BCUT2D eigenvalue weighted by Gasteiger charge is 2.44. The summed E-state index contributed by atoms with van der Waals surface area (Å²) in [6, 6.07) is -0.982. The molecule has 0 aromatic rings. The lowest BCUT2D eigenvalue weighted by molar-refractivity contribution is -0.302. The number of allylic oxidation sites excluding steroid dienone is 3. The molecule has 1 aliphatic heterocycles. The van der Waals surface area contributed by atoms with Gasteiger partial charge in [-0.2, -0.15) is 0 Å². The van der Waals surface area contributed by atoms with Crippen LogP contribution in [0.3, 0.4) is 0 Å². The zero-order valence-corrected chi connectivity index (χ0v) is 37.2. The van der Waals surface area contributed by atoms with Gasteiger partial charge >= 0.3 is 0 Å². The van der Waals surface area contributed by atoms with Gasteiger partial charge in [-0.1, -0.05) is 192 Å². The van der Waals surface area contributed by atoms with Gasteiger partial charge in [-0.05, 0) is 44.9 Å². The van der Waals surface area contributed by atoms with Gasteiger partial charge in [0.15, 0.2) is 6.29 Å². The maximum Gasteiger partial charge on any atom is 0.249 e. The summed E-state index contributed by atoms with van der Waals surface area (Å²) in [5.41, 5.74) is 0. The molecule has 342 valence electrons. The van der Waals surface area contributed by atoms with Gasteiger partial charge in [0.05, 0.1) is 25.4 Å². The minimum Gasteiger partial charge on any atom is -0.394 e. The van der Waals surface area contributed by atoms with Crippen molar-refractivity contribution in [2.75, 3.05) is 13.2 Å². The van der Waals surface area contributed by atoms with Gasteiger partial charge in [0.2, 0.25) is 5.91 Å². The van der Waals surface area contributed by atoms with Crippen molar-refractivity contribution >= 4 is 5.91 Å². The van der Waals surface area contributed by atoms with Gasteiger partial charge in [0, 0.05) is 0 Å². The Balaban J connectivity index is 2.41. The molecule has 0 aromatic heterocycles. The smallest absolute Gasteiger partial charge is 0.249 e. The Hall–Kier alpha value is -1.37. The molecule has 1 saturated heterocycles. The summed E-state index contributed by atoms with van der Waals surface area (Å²) in [4.78, 5) is 13.0. The Morgan fingerprint density at radius 2 is 1.00 bits per heavy atom. The number of carbonyl (C=O) groups excluding carboxylic acids is 1. The largest absolute Gasteiger partial charge is 0.394 e. The molecule has 8 unspecified atom stereocenters. The van der Waals surface area contributed by atoms with Crippen molar-refractivity contribution in [1.29, 1.82) is 0 Å². The fourth-order valence-corrected chi connectivity index (χ4v) is 7.63. The SMILES string of the molecule is CCCCCCCCCCC/C=C\CCCCCCC(O)C(=O)NC(COC1OC(CO)C(O)C(O)C1O)C(O)/C=C/CCCCCCCCCCCCCCCC. The van der Waals surface area contributed by atoms with Crippen LogP contribution in [0.1, 0.15) is 213 Å². The van der Waals surface area contributed by atoms with E-state index in [2.05, 4.69) is 31.3 Å². The summed E-state index contributed by atoms with van der Waals surface area (Å²) in [6.07, 6.45) is 35.4. The van der Waals surface area contributed by atoms with E-state index in [0.29, 0.717) is 12.8 Å². The molecule has 0 bridgehead atoms. The standard InChI is InChI=1S/C48H91NO9/c1-3-5-7-9-11-13-15-17-19-21-23-25-27-29-31-33-35-37-42(52)47(56)49-40(39-57-48-46(55)45(54)44(53)43(38-50)58-48)41(51)36-34-32-30-28-26-24-22-20-18-16-14-12-10-8-6-4-2/h23,25,34,36,40-46,48,50-55H,3-22,24,26-33,35,37-39H2,1-2H3,(H,49,56)/b25-23-,36-34+. The number of unbranched alkanes of at least 4 members (excludes halogenated alkanes) is 27. The second kappa shape index (κ2) is 38.5. The van der Waals surface area contributed by atoms with E-state index in [1.807, 2.05) is 6.08 Å². The third-order valence-corrected chi connectivity index (χ3v) is 11.6. The minimum atomic E-state index is -1.61. The molecule has 1 aliphatic rings. The molecule has 0 spiro atoms. The summed E-state index contributed by atoms with van der Waals surface area (Å²) >= 11 is 0. The molecule has 0 radical (unpaired) electrons. The number of nitrogens with one attached hydrogen (secondary N) is 1. The maximum absolute atomic E-state index is 13.0. The molecule has 10 heteroatoms. The summed E-state index contributed by atoms with van der Waals surface area (Å²) < 4.78 is 11.1. The van der Waals surface area contributed by atoms with Crippen molar-refractivity contribution in [1.82, 2.24) is 5.32 Å². The lowest BCUT2D eigenvalue weighted by atomic mass is 9.99. The van der Waals surface area contributed by atoms with E-state index >= 15 is 0 Å². The van der Waals surface area contributed by atoms with Crippen LogP contribution in [0.4, 0.5) is 0 Å². The lowest BCUT2D eigenvalue weighted by Crippen LogP contribution is -2.60. The summed E-state index contributed by atoms with van der Waals surface area (Å²) in [6.45, 7) is 3.61. The second-order valence-electron chi connectivity index (χ2n) is 17.0. The first-order valence-corrected chi connectivity index (χ1v) is 24.2. The molecular formula is C48H91NO9. The van der Waals surface area contributed by atoms with Crippen molar-refractivity contribution in [3.63, 3.8) is 0 Å². The van der Waals surface area contributed by atoms with E-state index in [9.17, 15) is 35.4 Å². The van der Waals surface area contributed by atoms with Crippen LogP contribution in [0.2, 0.25) is 0 Å². The molecule has 1 amide bonds. The first-order valence-electron chi connectivity index (χ1n) is 24.2. The highest BCUT2D eigenvalue weighted by atomic mass is 16.7. The van der Waals surface area contributed by atoms with Crippen molar-refractivity contribution in [3.8, 4) is 0 Å². The fraction of sp³-hybridized carbons (Fsp3) is 0.896. The minimum absolute atomic E-state index is 0.297. The molecular weight excluding hydrogens is 735 g/mol. The molecule has 1 heterocycles. The predicted molar refractivity (Wildman–Crippen MR) is 236 cm³/mol. The average Bonchev–Trinajstić information content (AvgIpc) is 3.22. The van der Waals surface area contributed by atoms with Gasteiger partial charge in [-0.3, -0.25) is 4.79 Å². The Kier molecular flexibility index (Phi) is 36.3. The molecule has 0 aromatic carbocycles. The Labute approximate surface area is 354 Å². The van der Waals surface area contributed by atoms with E-state index in [4.69, 9.17) is 9.47 Å². The number of carbonyl (C=O) groups is 1. The molecule has 10 nitrogen and oxygen atoms in total. The number of hydrogen-bond acceptors (Lipinski definition) is 9. The predicted octanol–water partition coefficient (Wildman–Crippen LogP) is 9.25. The van der Waals surface area contributed by atoms with Gasteiger partial charge in [-0.25, -0.2) is 0 Å². The Morgan fingerprint density at radius 1 is 0.586 bits per heavy atom. The lowest BCUT2D eigenvalue weighted by Gasteiger charge is -2.40. The van der Waals surface area contributed by atoms with Crippen molar-refractivity contribution in [2.45, 2.75) is 262 Å². The summed E-state index contributed by atoms with van der Waals surface area (Å²) in [5.74, 6) is -0.624. The number of amides is 1. The first-order chi connectivity index (χ1) is 28.3. The number of hydrogen-bond donors (Lipinski definition) is 7. The average molecular weight is 826 g/mol. The highest BCUT2D eigenvalue weighted by Crippen LogP contribution is 2.23. The van der Waals surface area contributed by atoms with Gasteiger partial charge in [-0.15, -0.1) is 0 Å². The maximum atomic E-state index is 13.0. The van der Waals surface area contributed by atoms with Crippen molar-refractivity contribution in [3.05, 3.63) is 24.3 Å². The Bertz CT molecular complexity index is 979. The number of aliphatic hydroxyl groups excluding tert-OH is 6. The monoisotopic (exact) mass is 826 g/mol. The van der Waals surface area contributed by atoms with E-state index in [0.717, 1.165) is 51.4 Å². The van der Waals surface area contributed by atoms with Crippen LogP contribution in [0.25, 0.3) is 0 Å². The summed E-state index contributed by atoms with van der Waals surface area (Å²) in [7, 11) is 0. The number of aliphatic hydroxyl groups is 6. The zero-order valence-electron chi connectivity index (χ0n) is 37.2. The van der Waals surface area contributed by atoms with E-state index < -0.39 is 61.5 Å². The van der Waals surface area contributed by atoms with Crippen LogP contribution in [-0.2, 0) is 14.3 Å². The third kappa shape index (κ3) is 28.2. The van der Waals surface area contributed by atoms with Crippen molar-refractivity contribution in [2.24, 2.45) is 0 Å². The van der Waals surface area contributed by atoms with Crippen LogP contribution >= 0.6 is 0 Å². The van der Waals surface area contributed by atoms with Gasteiger partial charge in [0.1, 0.15) is 30.5 Å². The van der Waals surface area contributed by atoms with Crippen LogP contribution in [-0.4, -0.2) is 98.7 Å². The first kappa shape index (κ1) is 54.6. The fourth-order valence-electron chi connectivity index (χ4n) is 7.63. The molecule has 1 fully saturated rings. The van der Waals surface area contributed by atoms with E-state index in [-0.39, 0.29) is 6.61 Å². The molecule has 58 heavy (non-hydrogen) atoms. The van der Waals surface area contributed by atoms with Crippen LogP contribution < -0.4 is 5.32 Å². The molecule has 7 N–H and O–H groups in total. The second-order valence-corrected chi connectivity index (χ2v) is 17.0. The zero-order chi connectivity index (χ0) is 42.5. The Morgan fingerprint density at radius 3 is 1.45 bits per heavy atom. The normalized spacial score (nSPS) is 21.6. The van der Waals surface area contributed by atoms with E-state index in [1.54, 1.807) is 6.08 Å². The van der Waals surface area contributed by atoms with Crippen molar-refractivity contribution < 1.29 is 44.9 Å². The van der Waals surface area contributed by atoms with Crippen LogP contribution in [0.15, 0.2) is 24.3 Å². The topological polar surface area (TPSA) is 169 Å². The summed E-state index contributed by atoms with van der Waals surface area (Å²) in [5, 5.41) is 64.7. The quantitative estimate of drug-likeness (QED) is 0.0235. The molecule has 1 rings (SSSR count). The molecule has 8 atom stereocenters. The number of rotatable bonds is 40. The van der Waals surface area contributed by atoms with Gasteiger partial charge in [0.25, 0.3) is 0 Å². The van der Waals surface area contributed by atoms with Crippen LogP contribution in [0, 0.1) is 0 Å². The van der Waals surface area contributed by atoms with Gasteiger partial charge < -0.3 is 45.4 Å².